The fraction of sp³-hybridized carbons (Fsp3) is 0.435. The second-order valence-electron chi connectivity index (χ2n) is 7.99. The molecule has 0 aromatic heterocycles. The van der Waals surface area contributed by atoms with Crippen molar-refractivity contribution < 1.29 is 4.79 Å². The molecule has 0 saturated carbocycles. The molecule has 0 bridgehead atoms. The van der Waals surface area contributed by atoms with Gasteiger partial charge in [-0.15, -0.1) is 0 Å². The Labute approximate surface area is 172 Å². The first-order chi connectivity index (χ1) is 13.6. The van der Waals surface area contributed by atoms with E-state index in [9.17, 15) is 4.79 Å². The number of piperazine rings is 1. The molecule has 0 spiro atoms. The van der Waals surface area contributed by atoms with E-state index in [2.05, 4.69) is 47.2 Å². The maximum absolute atomic E-state index is 12.8. The molecule has 2 aliphatic heterocycles. The zero-order chi connectivity index (χ0) is 19.6. The molecule has 28 heavy (non-hydrogen) atoms. The van der Waals surface area contributed by atoms with Gasteiger partial charge in [0, 0.05) is 42.3 Å². The smallest absolute Gasteiger partial charge is 0.253 e. The van der Waals surface area contributed by atoms with Crippen LogP contribution in [0.1, 0.15) is 28.8 Å². The minimum absolute atomic E-state index is 0.0865. The Morgan fingerprint density at radius 1 is 0.857 bits per heavy atom. The zero-order valence-electron chi connectivity index (χ0n) is 16.5. The summed E-state index contributed by atoms with van der Waals surface area (Å²) in [6.07, 6.45) is 2.28. The molecule has 1 amide bonds. The predicted octanol–water partition coefficient (Wildman–Crippen LogP) is 3.72. The molecule has 4 rings (SSSR count). The van der Waals surface area contributed by atoms with E-state index in [1.165, 1.54) is 5.56 Å². The van der Waals surface area contributed by atoms with Crippen molar-refractivity contribution in [2.45, 2.75) is 18.4 Å². The topological polar surface area (TPSA) is 26.8 Å². The number of nitrogens with zero attached hydrogens (tertiary/aromatic N) is 3. The van der Waals surface area contributed by atoms with Crippen LogP contribution < -0.4 is 0 Å². The third kappa shape index (κ3) is 3.82. The van der Waals surface area contributed by atoms with Crippen LogP contribution in [-0.2, 0) is 5.54 Å². The Morgan fingerprint density at radius 3 is 2.07 bits per heavy atom. The summed E-state index contributed by atoms with van der Waals surface area (Å²) in [6.45, 7) is 5.59. The van der Waals surface area contributed by atoms with Gasteiger partial charge in [-0.2, -0.15) is 0 Å². The highest BCUT2D eigenvalue weighted by Gasteiger charge is 2.42. The molecule has 0 N–H and O–H groups in total. The van der Waals surface area contributed by atoms with E-state index in [-0.39, 0.29) is 11.4 Å². The molecule has 2 heterocycles. The monoisotopic (exact) mass is 397 g/mol. The second-order valence-corrected chi connectivity index (χ2v) is 8.42. The van der Waals surface area contributed by atoms with Gasteiger partial charge in [-0.25, -0.2) is 0 Å². The largest absolute Gasteiger partial charge is 0.336 e. The van der Waals surface area contributed by atoms with Crippen LogP contribution in [0.5, 0.6) is 0 Å². The van der Waals surface area contributed by atoms with Crippen molar-refractivity contribution >= 4 is 17.5 Å². The Hall–Kier alpha value is -1.88. The van der Waals surface area contributed by atoms with E-state index in [0.717, 1.165) is 57.7 Å². The normalized spacial score (nSPS) is 20.9. The molecule has 4 nitrogen and oxygen atoms in total. The van der Waals surface area contributed by atoms with Crippen molar-refractivity contribution in [3.05, 3.63) is 70.7 Å². The number of hydrogen-bond donors (Lipinski definition) is 0. The number of rotatable bonds is 3. The maximum Gasteiger partial charge on any atom is 0.253 e. The lowest BCUT2D eigenvalue weighted by Gasteiger charge is -2.51. The Bertz CT molecular complexity index is 792. The first kappa shape index (κ1) is 19.4. The Kier molecular flexibility index (Phi) is 5.72. The number of amides is 1. The first-order valence-electron chi connectivity index (χ1n) is 10.1. The average Bonchev–Trinajstić information content (AvgIpc) is 2.75. The summed E-state index contributed by atoms with van der Waals surface area (Å²) < 4.78 is 0. The molecule has 148 valence electrons. The highest BCUT2D eigenvalue weighted by atomic mass is 35.5. The van der Waals surface area contributed by atoms with Crippen LogP contribution in [0, 0.1) is 0 Å². The molecule has 0 unspecified atom stereocenters. The van der Waals surface area contributed by atoms with Crippen molar-refractivity contribution in [3.63, 3.8) is 0 Å². The fourth-order valence-electron chi connectivity index (χ4n) is 4.64. The van der Waals surface area contributed by atoms with Gasteiger partial charge in [-0.3, -0.25) is 9.69 Å². The van der Waals surface area contributed by atoms with E-state index in [1.54, 1.807) is 12.1 Å². The molecule has 2 aromatic carbocycles. The summed E-state index contributed by atoms with van der Waals surface area (Å²) in [5, 5.41) is 0.661. The third-order valence-electron chi connectivity index (χ3n) is 6.39. The lowest BCUT2D eigenvalue weighted by molar-refractivity contribution is -0.00752. The van der Waals surface area contributed by atoms with Crippen molar-refractivity contribution in [1.82, 2.24) is 14.7 Å². The maximum atomic E-state index is 12.8. The van der Waals surface area contributed by atoms with Gasteiger partial charge >= 0.3 is 0 Å². The Balaban J connectivity index is 1.49. The molecule has 2 aromatic rings. The second kappa shape index (κ2) is 8.24. The van der Waals surface area contributed by atoms with Gasteiger partial charge < -0.3 is 9.80 Å². The molecular formula is C23H28ClN3O. The van der Waals surface area contributed by atoms with E-state index in [1.807, 2.05) is 17.0 Å². The quantitative estimate of drug-likeness (QED) is 0.789. The van der Waals surface area contributed by atoms with Crippen LogP contribution in [0.4, 0.5) is 0 Å². The van der Waals surface area contributed by atoms with Crippen molar-refractivity contribution in [3.8, 4) is 0 Å². The molecule has 5 heteroatoms. The highest BCUT2D eigenvalue weighted by Crippen LogP contribution is 2.39. The number of piperidine rings is 1. The summed E-state index contributed by atoms with van der Waals surface area (Å²) in [6, 6.07) is 18.1. The van der Waals surface area contributed by atoms with E-state index in [4.69, 9.17) is 11.6 Å². The van der Waals surface area contributed by atoms with Crippen LogP contribution in [0.2, 0.25) is 5.02 Å². The van der Waals surface area contributed by atoms with Crippen LogP contribution in [0.25, 0.3) is 0 Å². The molecule has 0 aliphatic carbocycles. The van der Waals surface area contributed by atoms with Crippen molar-refractivity contribution in [1.29, 1.82) is 0 Å². The number of carbonyl (C=O) groups excluding carboxylic acids is 1. The average molecular weight is 398 g/mol. The number of benzene rings is 2. The van der Waals surface area contributed by atoms with Crippen molar-refractivity contribution in [2.75, 3.05) is 46.3 Å². The highest BCUT2D eigenvalue weighted by molar-refractivity contribution is 6.30. The molecular weight excluding hydrogens is 370 g/mol. The number of hydrogen-bond acceptors (Lipinski definition) is 3. The van der Waals surface area contributed by atoms with Gasteiger partial charge in [-0.05, 0) is 62.8 Å². The minimum atomic E-state index is 0.0865. The van der Waals surface area contributed by atoms with Gasteiger partial charge in [0.15, 0.2) is 0 Å². The molecule has 2 fully saturated rings. The van der Waals surface area contributed by atoms with Crippen LogP contribution in [0.15, 0.2) is 54.6 Å². The van der Waals surface area contributed by atoms with Gasteiger partial charge in [0.1, 0.15) is 0 Å². The zero-order valence-corrected chi connectivity index (χ0v) is 17.2. The summed E-state index contributed by atoms with van der Waals surface area (Å²) in [5.74, 6) is 0.105. The minimum Gasteiger partial charge on any atom is -0.336 e. The van der Waals surface area contributed by atoms with Gasteiger partial charge in [0.25, 0.3) is 5.91 Å². The van der Waals surface area contributed by atoms with Gasteiger partial charge in [0.05, 0.1) is 0 Å². The first-order valence-corrected chi connectivity index (χ1v) is 10.5. The standard InChI is InChI=1S/C23H28ClN3O/c1-25-13-11-23(12-14-25,20-5-3-2-4-6-20)27-17-15-26(16-18-27)22(28)19-7-9-21(24)10-8-19/h2-10H,11-18H2,1H3. The third-order valence-corrected chi connectivity index (χ3v) is 6.64. The number of likely N-dealkylation sites (tertiary alicyclic amines) is 1. The summed E-state index contributed by atoms with van der Waals surface area (Å²) in [7, 11) is 2.21. The number of carbonyl (C=O) groups is 1. The lowest BCUT2D eigenvalue weighted by Crippen LogP contribution is -2.59. The summed E-state index contributed by atoms with van der Waals surface area (Å²) in [5.41, 5.74) is 2.22. The summed E-state index contributed by atoms with van der Waals surface area (Å²) >= 11 is 5.96. The molecule has 0 radical (unpaired) electrons. The van der Waals surface area contributed by atoms with Crippen LogP contribution in [-0.4, -0.2) is 66.9 Å². The number of halogens is 1. The predicted molar refractivity (Wildman–Crippen MR) is 114 cm³/mol. The van der Waals surface area contributed by atoms with E-state index < -0.39 is 0 Å². The molecule has 0 atom stereocenters. The fourth-order valence-corrected chi connectivity index (χ4v) is 4.76. The van der Waals surface area contributed by atoms with Gasteiger partial charge in [0.2, 0.25) is 0 Å². The van der Waals surface area contributed by atoms with Crippen LogP contribution >= 0.6 is 11.6 Å². The SMILES string of the molecule is CN1CCC(c2ccccc2)(N2CCN(C(=O)c3ccc(Cl)cc3)CC2)CC1. The van der Waals surface area contributed by atoms with Crippen LogP contribution in [0.3, 0.4) is 0 Å². The summed E-state index contributed by atoms with van der Waals surface area (Å²) in [4.78, 5) is 19.9. The van der Waals surface area contributed by atoms with Gasteiger partial charge in [-0.1, -0.05) is 41.9 Å². The van der Waals surface area contributed by atoms with E-state index >= 15 is 0 Å². The van der Waals surface area contributed by atoms with E-state index in [0.29, 0.717) is 5.02 Å². The van der Waals surface area contributed by atoms with Crippen molar-refractivity contribution in [2.24, 2.45) is 0 Å². The Morgan fingerprint density at radius 2 is 1.46 bits per heavy atom. The molecule has 2 aliphatic rings. The lowest BCUT2D eigenvalue weighted by atomic mass is 9.79. The molecule has 2 saturated heterocycles.